The molecule has 142 valence electrons. The maximum Gasteiger partial charge on any atom is 0.439 e. The highest BCUT2D eigenvalue weighted by Crippen LogP contribution is 2.36. The van der Waals surface area contributed by atoms with Crippen molar-refractivity contribution in [2.45, 2.75) is 18.5 Å². The van der Waals surface area contributed by atoms with E-state index in [2.05, 4.69) is 4.74 Å². The fourth-order valence-corrected chi connectivity index (χ4v) is 1.89. The Morgan fingerprint density at radius 2 is 1.78 bits per heavy atom. The third-order valence-corrected chi connectivity index (χ3v) is 3.14. The van der Waals surface area contributed by atoms with Crippen molar-refractivity contribution in [3.05, 3.63) is 59.6 Å². The molecule has 2 aromatic rings. The van der Waals surface area contributed by atoms with Crippen LogP contribution in [-0.2, 0) is 0 Å². The zero-order valence-corrected chi connectivity index (χ0v) is 13.1. The molecule has 0 saturated heterocycles. The van der Waals surface area contributed by atoms with Crippen LogP contribution in [-0.4, -0.2) is 24.2 Å². The van der Waals surface area contributed by atoms with Crippen molar-refractivity contribution in [3.8, 4) is 11.8 Å². The van der Waals surface area contributed by atoms with E-state index in [0.717, 1.165) is 30.3 Å². The molecule has 1 atom stereocenters. The number of carbonyl (C=O) groups excluding carboxylic acids is 1. The Kier molecular flexibility index (Phi) is 5.64. The predicted octanol–water partition coefficient (Wildman–Crippen LogP) is 4.94. The van der Waals surface area contributed by atoms with Gasteiger partial charge in [0.25, 0.3) is 6.17 Å². The lowest BCUT2D eigenvalue weighted by Gasteiger charge is -2.23. The largest absolute Gasteiger partial charge is 0.461 e. The van der Waals surface area contributed by atoms with Gasteiger partial charge in [0.15, 0.2) is 5.76 Å². The minimum atomic E-state index is -5.79. The van der Waals surface area contributed by atoms with Crippen LogP contribution in [0.4, 0.5) is 26.3 Å². The van der Waals surface area contributed by atoms with Crippen molar-refractivity contribution in [1.29, 1.82) is 5.26 Å². The van der Waals surface area contributed by atoms with E-state index in [1.54, 1.807) is 6.07 Å². The summed E-state index contributed by atoms with van der Waals surface area (Å²) < 4.78 is 84.1. The Morgan fingerprint density at radius 3 is 2.26 bits per heavy atom. The number of rotatable bonds is 6. The molecule has 0 fully saturated rings. The van der Waals surface area contributed by atoms with Gasteiger partial charge in [-0.1, -0.05) is 12.1 Å². The van der Waals surface area contributed by atoms with E-state index in [1.807, 2.05) is 0 Å². The van der Waals surface area contributed by atoms with Gasteiger partial charge in [0.2, 0.25) is 5.78 Å². The average molecular weight is 389 g/mol. The normalized spacial score (nSPS) is 13.7. The number of Topliss-reactive ketones (excluding diaryl/α,β-unsaturated/α-hetero) is 1. The Morgan fingerprint density at radius 1 is 1.15 bits per heavy atom. The Bertz CT molecular complexity index is 864. The summed E-state index contributed by atoms with van der Waals surface area (Å²) in [6, 6.07) is 8.30. The summed E-state index contributed by atoms with van der Waals surface area (Å²) in [5, 5.41) is 9.05. The molecule has 2 rings (SSSR count). The molecule has 0 aliphatic rings. The molecule has 0 unspecified atom stereocenters. The molecule has 0 aliphatic carbocycles. The van der Waals surface area contributed by atoms with Gasteiger partial charge in [-0.15, -0.1) is 0 Å². The molecule has 1 aromatic carbocycles. The molecule has 0 saturated carbocycles. The first kappa shape index (κ1) is 20.1. The third kappa shape index (κ3) is 4.91. The first-order chi connectivity index (χ1) is 12.5. The number of furan rings is 1. The number of hydrogen-bond acceptors (Lipinski definition) is 4. The molecule has 10 heteroatoms. The van der Waals surface area contributed by atoms with Crippen LogP contribution in [0, 0.1) is 11.3 Å². The van der Waals surface area contributed by atoms with E-state index >= 15 is 0 Å². The van der Waals surface area contributed by atoms with E-state index in [9.17, 15) is 31.1 Å². The zero-order chi connectivity index (χ0) is 20.2. The van der Waals surface area contributed by atoms with Gasteiger partial charge in [0.1, 0.15) is 17.4 Å². The Balaban J connectivity index is 2.17. The van der Waals surface area contributed by atoms with E-state index in [4.69, 9.17) is 9.68 Å². The number of benzene rings is 1. The molecule has 1 heterocycles. The SMILES string of the molecule is N#C/C(=C\c1ccc(OC(F)(F)[C@@H](F)C(F)(F)F)cc1)C(=O)c1ccco1. The van der Waals surface area contributed by atoms with Crippen LogP contribution in [0.25, 0.3) is 6.08 Å². The molecule has 0 N–H and O–H groups in total. The van der Waals surface area contributed by atoms with Crippen LogP contribution >= 0.6 is 0 Å². The quantitative estimate of drug-likeness (QED) is 0.304. The summed E-state index contributed by atoms with van der Waals surface area (Å²) in [5.41, 5.74) is -0.139. The van der Waals surface area contributed by atoms with Crippen LogP contribution in [0.15, 0.2) is 52.7 Å². The highest BCUT2D eigenvalue weighted by Gasteiger charge is 2.59. The molecule has 4 nitrogen and oxygen atoms in total. The van der Waals surface area contributed by atoms with Crippen LogP contribution in [0.1, 0.15) is 16.1 Å². The third-order valence-electron chi connectivity index (χ3n) is 3.14. The molecule has 0 aliphatic heterocycles. The number of allylic oxidation sites excluding steroid dienone is 1. The van der Waals surface area contributed by atoms with E-state index in [0.29, 0.717) is 0 Å². The first-order valence-electron chi connectivity index (χ1n) is 7.12. The van der Waals surface area contributed by atoms with Gasteiger partial charge in [-0.25, -0.2) is 4.39 Å². The van der Waals surface area contributed by atoms with Crippen LogP contribution in [0.2, 0.25) is 0 Å². The lowest BCUT2D eigenvalue weighted by molar-refractivity contribution is -0.304. The summed E-state index contributed by atoms with van der Waals surface area (Å²) in [5.74, 6) is -1.55. The second-order valence-electron chi connectivity index (χ2n) is 5.11. The number of carbonyl (C=O) groups is 1. The van der Waals surface area contributed by atoms with Crippen molar-refractivity contribution < 1.29 is 40.3 Å². The van der Waals surface area contributed by atoms with Gasteiger partial charge >= 0.3 is 12.3 Å². The number of nitriles is 1. The average Bonchev–Trinajstić information content (AvgIpc) is 3.13. The monoisotopic (exact) mass is 389 g/mol. The van der Waals surface area contributed by atoms with Crippen LogP contribution in [0.5, 0.6) is 5.75 Å². The predicted molar refractivity (Wildman–Crippen MR) is 79.6 cm³/mol. The van der Waals surface area contributed by atoms with E-state index < -0.39 is 30.0 Å². The second kappa shape index (κ2) is 7.57. The zero-order valence-electron chi connectivity index (χ0n) is 13.1. The molecular formula is C17H9F6NO3. The Labute approximate surface area is 148 Å². The van der Waals surface area contributed by atoms with E-state index in [1.165, 1.54) is 18.4 Å². The van der Waals surface area contributed by atoms with Gasteiger partial charge < -0.3 is 9.15 Å². The minimum Gasteiger partial charge on any atom is -0.461 e. The lowest BCUT2D eigenvalue weighted by Crippen LogP contribution is -2.45. The maximum atomic E-state index is 13.2. The van der Waals surface area contributed by atoms with Gasteiger partial charge in [-0.3, -0.25) is 4.79 Å². The Hall–Kier alpha value is -3.22. The first-order valence-corrected chi connectivity index (χ1v) is 7.12. The molecular weight excluding hydrogens is 380 g/mol. The smallest absolute Gasteiger partial charge is 0.439 e. The van der Waals surface area contributed by atoms with Crippen LogP contribution in [0.3, 0.4) is 0 Å². The van der Waals surface area contributed by atoms with Crippen molar-refractivity contribution in [1.82, 2.24) is 0 Å². The molecule has 0 bridgehead atoms. The van der Waals surface area contributed by atoms with Crippen LogP contribution < -0.4 is 4.74 Å². The highest BCUT2D eigenvalue weighted by molar-refractivity contribution is 6.12. The van der Waals surface area contributed by atoms with Gasteiger partial charge in [0.05, 0.1) is 6.26 Å². The second-order valence-corrected chi connectivity index (χ2v) is 5.11. The van der Waals surface area contributed by atoms with Gasteiger partial charge in [-0.2, -0.15) is 27.2 Å². The summed E-state index contributed by atoms with van der Waals surface area (Å²) in [4.78, 5) is 12.0. The number of ether oxygens (including phenoxy) is 1. The lowest BCUT2D eigenvalue weighted by atomic mass is 10.1. The summed E-state index contributed by atoms with van der Waals surface area (Å²) >= 11 is 0. The number of ketones is 1. The van der Waals surface area contributed by atoms with Gasteiger partial charge in [-0.05, 0) is 35.9 Å². The highest BCUT2D eigenvalue weighted by atomic mass is 19.4. The molecule has 0 amide bonds. The number of halogens is 6. The van der Waals surface area contributed by atoms with Crippen molar-refractivity contribution in [2.75, 3.05) is 0 Å². The van der Waals surface area contributed by atoms with E-state index in [-0.39, 0.29) is 16.9 Å². The number of nitrogens with zero attached hydrogens (tertiary/aromatic N) is 1. The summed E-state index contributed by atoms with van der Waals surface area (Å²) in [6.07, 6.45) is -13.1. The standard InChI is InChI=1S/C17H9F6NO3/c18-15(16(19,20)21)17(22,23)27-12-5-3-10(4-6-12)8-11(9-24)14(25)13-2-1-7-26-13/h1-8,15H/b11-8+/t15-/m0/s1. The maximum absolute atomic E-state index is 13.2. The topological polar surface area (TPSA) is 63.2 Å². The minimum absolute atomic E-state index is 0.0940. The summed E-state index contributed by atoms with van der Waals surface area (Å²) in [6.45, 7) is 0. The summed E-state index contributed by atoms with van der Waals surface area (Å²) in [7, 11) is 0. The van der Waals surface area contributed by atoms with Crippen molar-refractivity contribution >= 4 is 11.9 Å². The molecule has 0 spiro atoms. The fraction of sp³-hybridized carbons (Fsp3) is 0.176. The molecule has 27 heavy (non-hydrogen) atoms. The van der Waals surface area contributed by atoms with Crippen molar-refractivity contribution in [2.24, 2.45) is 0 Å². The molecule has 1 aromatic heterocycles. The number of alkyl halides is 6. The molecule has 0 radical (unpaired) electrons. The number of hydrogen-bond donors (Lipinski definition) is 0. The fourth-order valence-electron chi connectivity index (χ4n) is 1.89. The van der Waals surface area contributed by atoms with Gasteiger partial charge in [0, 0.05) is 0 Å². The van der Waals surface area contributed by atoms with Crippen molar-refractivity contribution in [3.63, 3.8) is 0 Å².